The number of methoxy groups -OCH3 is 1. The van der Waals surface area contributed by atoms with E-state index in [2.05, 4.69) is 38.2 Å². The van der Waals surface area contributed by atoms with Gasteiger partial charge in [-0.1, -0.05) is 45.0 Å². The first kappa shape index (κ1) is 31.0. The van der Waals surface area contributed by atoms with Crippen molar-refractivity contribution in [2.75, 3.05) is 34.4 Å². The van der Waals surface area contributed by atoms with Crippen LogP contribution in [0, 0.1) is 35.0 Å². The number of likely N-dealkylation sites (N-methyl/N-ethyl adjacent to an activating group) is 1. The molecule has 42 heavy (non-hydrogen) atoms. The Labute approximate surface area is 251 Å². The number of benzene rings is 1. The van der Waals surface area contributed by atoms with Crippen LogP contribution in [0.4, 0.5) is 0 Å². The molecule has 4 fully saturated rings. The molecule has 8 heteroatoms. The molecule has 3 saturated carbocycles. The van der Waals surface area contributed by atoms with Crippen molar-refractivity contribution >= 4 is 11.5 Å². The number of amides is 1. The van der Waals surface area contributed by atoms with Crippen molar-refractivity contribution in [1.29, 1.82) is 0 Å². The molecular formula is C34H51N3O5. The molecule has 9 atom stereocenters. The predicted molar refractivity (Wildman–Crippen MR) is 164 cm³/mol. The van der Waals surface area contributed by atoms with E-state index < -0.39 is 24.2 Å². The van der Waals surface area contributed by atoms with Crippen molar-refractivity contribution in [3.05, 3.63) is 47.2 Å². The monoisotopic (exact) mass is 581 g/mol. The number of hydrogen-bond acceptors (Lipinski definition) is 7. The molecule has 0 radical (unpaired) electrons. The van der Waals surface area contributed by atoms with Gasteiger partial charge in [0.2, 0.25) is 5.91 Å². The third kappa shape index (κ3) is 5.51. The quantitative estimate of drug-likeness (QED) is 0.355. The molecule has 6 rings (SSSR count). The third-order valence-electron chi connectivity index (χ3n) is 11.1. The van der Waals surface area contributed by atoms with Gasteiger partial charge in [0.15, 0.2) is 0 Å². The summed E-state index contributed by atoms with van der Waals surface area (Å²) >= 11 is 0. The van der Waals surface area contributed by atoms with E-state index in [1.54, 1.807) is 14.0 Å². The molecule has 5 aliphatic rings. The lowest BCUT2D eigenvalue weighted by Crippen LogP contribution is -2.62. The molecule has 1 amide bonds. The zero-order valence-corrected chi connectivity index (χ0v) is 26.4. The second-order valence-corrected chi connectivity index (χ2v) is 14.1. The second kappa shape index (κ2) is 11.9. The molecule has 1 aliphatic heterocycles. The van der Waals surface area contributed by atoms with Gasteiger partial charge in [0.1, 0.15) is 5.75 Å². The first-order valence-electron chi connectivity index (χ1n) is 15.6. The maximum atomic E-state index is 14.0. The highest BCUT2D eigenvalue weighted by Gasteiger charge is 2.57. The SMILES string of the molecule is COc1c(CN2C[C@H](O)[C@@H]([C@H](C)O)[C@H]2C(=O)NC2C[C@H]3C[C@@H]([C@@H]2C)C3(C)C)cccc1C1=CC(N(C)C)=CC(CO)C1. The number of aliphatic hydroxyl groups is 3. The van der Waals surface area contributed by atoms with E-state index in [1.807, 2.05) is 42.1 Å². The van der Waals surface area contributed by atoms with Crippen LogP contribution in [0.5, 0.6) is 5.75 Å². The highest BCUT2D eigenvalue weighted by atomic mass is 16.5. The Morgan fingerprint density at radius 3 is 2.60 bits per heavy atom. The fraction of sp³-hybridized carbons (Fsp3) is 0.676. The van der Waals surface area contributed by atoms with Gasteiger partial charge >= 0.3 is 0 Å². The standard InChI is InChI=1S/C34H51N3O5/c1-19-27-14-24(34(27,3)4)15-28(19)35-33(41)31-30(20(2)39)29(40)17-37(31)16-22-9-8-10-26(32(22)42-7)23-11-21(18-38)12-25(13-23)36(5)6/h8-10,12-13,19-21,24,27-31,38-40H,11,14-18H2,1-7H3,(H,35,41)/t19-,20-,21?,24+,27-,28?,29-,30+,31-/m0/s1. The van der Waals surface area contributed by atoms with Crippen LogP contribution in [-0.4, -0.2) is 89.7 Å². The number of allylic oxidation sites excluding steroid dienone is 2. The number of nitrogens with one attached hydrogen (secondary N) is 1. The maximum absolute atomic E-state index is 14.0. The summed E-state index contributed by atoms with van der Waals surface area (Å²) in [4.78, 5) is 18.0. The summed E-state index contributed by atoms with van der Waals surface area (Å²) in [6, 6.07) is 5.51. The first-order valence-corrected chi connectivity index (χ1v) is 15.6. The largest absolute Gasteiger partial charge is 0.496 e. The maximum Gasteiger partial charge on any atom is 0.238 e. The minimum atomic E-state index is -0.829. The average molecular weight is 582 g/mol. The Morgan fingerprint density at radius 2 is 2.00 bits per heavy atom. The molecule has 232 valence electrons. The number of aliphatic hydroxyl groups excluding tert-OH is 3. The fourth-order valence-electron chi connectivity index (χ4n) is 8.50. The Hall–Kier alpha value is -2.39. The summed E-state index contributed by atoms with van der Waals surface area (Å²) in [6.45, 7) is 9.40. The Kier molecular flexibility index (Phi) is 8.83. The summed E-state index contributed by atoms with van der Waals surface area (Å²) in [5.41, 5.74) is 4.34. The van der Waals surface area contributed by atoms with E-state index in [-0.39, 0.29) is 24.5 Å². The number of carbonyl (C=O) groups is 1. The highest BCUT2D eigenvalue weighted by Crippen LogP contribution is 2.61. The van der Waals surface area contributed by atoms with Crippen molar-refractivity contribution in [2.24, 2.45) is 35.0 Å². The Balaban J connectivity index is 1.41. The Morgan fingerprint density at radius 1 is 1.26 bits per heavy atom. The fourth-order valence-corrected chi connectivity index (χ4v) is 8.50. The molecule has 1 saturated heterocycles. The Bertz CT molecular complexity index is 1220. The number of hydrogen-bond donors (Lipinski definition) is 4. The molecule has 0 spiro atoms. The number of likely N-dealkylation sites (tertiary alicyclic amines) is 1. The number of ether oxygens (including phenoxy) is 1. The molecule has 8 nitrogen and oxygen atoms in total. The summed E-state index contributed by atoms with van der Waals surface area (Å²) in [5.74, 6) is 1.68. The van der Waals surface area contributed by atoms with Gasteiger partial charge in [0, 0.05) is 68.5 Å². The molecule has 4 aliphatic carbocycles. The van der Waals surface area contributed by atoms with Gasteiger partial charge in [-0.25, -0.2) is 0 Å². The van der Waals surface area contributed by atoms with Crippen molar-refractivity contribution in [3.8, 4) is 5.75 Å². The van der Waals surface area contributed by atoms with E-state index in [1.165, 1.54) is 6.42 Å². The van der Waals surface area contributed by atoms with Gasteiger partial charge in [-0.15, -0.1) is 0 Å². The molecule has 1 heterocycles. The number of carbonyl (C=O) groups excluding carboxylic acids is 1. The smallest absolute Gasteiger partial charge is 0.238 e. The van der Waals surface area contributed by atoms with Crippen LogP contribution in [0.1, 0.15) is 58.1 Å². The lowest BCUT2D eigenvalue weighted by molar-refractivity contribution is -0.139. The van der Waals surface area contributed by atoms with Crippen LogP contribution in [-0.2, 0) is 11.3 Å². The van der Waals surface area contributed by atoms with E-state index >= 15 is 0 Å². The van der Waals surface area contributed by atoms with Gasteiger partial charge in [-0.05, 0) is 61.0 Å². The van der Waals surface area contributed by atoms with Gasteiger partial charge < -0.3 is 30.3 Å². The molecular weight excluding hydrogens is 530 g/mol. The van der Waals surface area contributed by atoms with E-state index in [0.29, 0.717) is 42.7 Å². The van der Waals surface area contributed by atoms with Gasteiger partial charge in [-0.3, -0.25) is 9.69 Å². The van der Waals surface area contributed by atoms with Crippen molar-refractivity contribution in [3.63, 3.8) is 0 Å². The summed E-state index contributed by atoms with van der Waals surface area (Å²) in [7, 11) is 5.65. The van der Waals surface area contributed by atoms with Crippen molar-refractivity contribution in [2.45, 2.75) is 77.8 Å². The summed E-state index contributed by atoms with van der Waals surface area (Å²) in [5, 5.41) is 35.1. The van der Waals surface area contributed by atoms with Crippen LogP contribution in [0.3, 0.4) is 0 Å². The van der Waals surface area contributed by atoms with Crippen LogP contribution in [0.2, 0.25) is 0 Å². The summed E-state index contributed by atoms with van der Waals surface area (Å²) < 4.78 is 6.00. The van der Waals surface area contributed by atoms with E-state index in [4.69, 9.17) is 4.74 Å². The molecule has 1 aromatic carbocycles. The zero-order chi connectivity index (χ0) is 30.5. The molecule has 2 unspecified atom stereocenters. The van der Waals surface area contributed by atoms with Gasteiger partial charge in [-0.2, -0.15) is 0 Å². The lowest BCUT2D eigenvalue weighted by Gasteiger charge is -2.62. The molecule has 1 aromatic rings. The molecule has 4 N–H and O–H groups in total. The topological polar surface area (TPSA) is 106 Å². The summed E-state index contributed by atoms with van der Waals surface area (Å²) in [6.07, 6.45) is 5.52. The van der Waals surface area contributed by atoms with Crippen LogP contribution < -0.4 is 10.1 Å². The minimum Gasteiger partial charge on any atom is -0.496 e. The van der Waals surface area contributed by atoms with Crippen molar-refractivity contribution in [1.82, 2.24) is 15.1 Å². The number of rotatable bonds is 9. The number of fused-ring (bicyclic) bond motifs is 2. The number of para-hydroxylation sites is 1. The van der Waals surface area contributed by atoms with Crippen LogP contribution in [0.15, 0.2) is 36.0 Å². The normalized spacial score (nSPS) is 34.6. The second-order valence-electron chi connectivity index (χ2n) is 14.1. The van der Waals surface area contributed by atoms with Gasteiger partial charge in [0.25, 0.3) is 0 Å². The number of nitrogens with zero attached hydrogens (tertiary/aromatic N) is 2. The van der Waals surface area contributed by atoms with E-state index in [9.17, 15) is 20.1 Å². The van der Waals surface area contributed by atoms with Crippen LogP contribution >= 0.6 is 0 Å². The first-order chi connectivity index (χ1) is 19.9. The average Bonchev–Trinajstić information content (AvgIpc) is 3.28. The van der Waals surface area contributed by atoms with Crippen LogP contribution in [0.25, 0.3) is 5.57 Å². The lowest BCUT2D eigenvalue weighted by atomic mass is 9.45. The van der Waals surface area contributed by atoms with Gasteiger partial charge in [0.05, 0.1) is 25.4 Å². The molecule has 2 bridgehead atoms. The highest BCUT2D eigenvalue weighted by molar-refractivity contribution is 5.83. The third-order valence-corrected chi connectivity index (χ3v) is 11.1. The van der Waals surface area contributed by atoms with E-state index in [0.717, 1.165) is 34.6 Å². The van der Waals surface area contributed by atoms with Crippen molar-refractivity contribution < 1.29 is 24.9 Å². The number of β-amino-alcohol motifs (C(OH)–C–C–N with tert-alkyl or cyclic N) is 1. The predicted octanol–water partition coefficient (Wildman–Crippen LogP) is 3.27. The minimum absolute atomic E-state index is 0.0168. The zero-order valence-electron chi connectivity index (χ0n) is 26.4. The molecule has 0 aromatic heterocycles.